The molecule has 0 radical (unpaired) electrons. The van der Waals surface area contributed by atoms with Gasteiger partial charge >= 0.3 is 0 Å². The Kier molecular flexibility index (Phi) is 3.92. The van der Waals surface area contributed by atoms with Crippen LogP contribution >= 0.6 is 0 Å². The molecular formula is C36H21N5. The van der Waals surface area contributed by atoms with Crippen LogP contribution in [0.2, 0.25) is 0 Å². The highest BCUT2D eigenvalue weighted by Crippen LogP contribution is 2.45. The number of nitrogens with zero attached hydrogens (tertiary/aromatic N) is 5. The minimum absolute atomic E-state index is 0.895. The third kappa shape index (κ3) is 2.72. The molecule has 0 N–H and O–H groups in total. The van der Waals surface area contributed by atoms with Crippen molar-refractivity contribution in [3.05, 3.63) is 127 Å². The standard InChI is InChI=1S/C36H21N5/c1-2-6-23(7-3-1)40-32-9-5-4-8-24(32)28-18-26-22(16-34(28)40)14-21-15-29-27(17-25(21)26)30-19-37-13-11-33(30)41-35-20-38-12-10-31(35)39-36(29)41/h1-13,15-20H,14H2. The number of benzene rings is 4. The molecule has 0 atom stereocenters. The molecule has 10 rings (SSSR count). The first kappa shape index (κ1) is 21.3. The molecule has 0 unspecified atom stereocenters. The highest BCUT2D eigenvalue weighted by molar-refractivity contribution is 6.16. The summed E-state index contributed by atoms with van der Waals surface area (Å²) in [6.07, 6.45) is 8.45. The van der Waals surface area contributed by atoms with E-state index in [1.165, 1.54) is 55.1 Å². The summed E-state index contributed by atoms with van der Waals surface area (Å²) in [5.41, 5.74) is 13.0. The third-order valence-electron chi connectivity index (χ3n) is 8.85. The highest BCUT2D eigenvalue weighted by Gasteiger charge is 2.24. The number of imidazole rings is 1. The van der Waals surface area contributed by atoms with Crippen LogP contribution in [-0.2, 0) is 6.42 Å². The zero-order valence-electron chi connectivity index (χ0n) is 21.9. The van der Waals surface area contributed by atoms with Crippen LogP contribution in [0.15, 0.2) is 116 Å². The van der Waals surface area contributed by atoms with E-state index in [4.69, 9.17) is 4.98 Å². The van der Waals surface area contributed by atoms with Gasteiger partial charge in [-0.3, -0.25) is 14.4 Å². The summed E-state index contributed by atoms with van der Waals surface area (Å²) in [5, 5.41) is 6.01. The number of pyridine rings is 3. The monoisotopic (exact) mass is 523 g/mol. The van der Waals surface area contributed by atoms with E-state index < -0.39 is 0 Å². The smallest absolute Gasteiger partial charge is 0.146 e. The summed E-state index contributed by atoms with van der Waals surface area (Å²) in [5.74, 6) is 0. The van der Waals surface area contributed by atoms with Gasteiger partial charge in [0.2, 0.25) is 0 Å². The van der Waals surface area contributed by atoms with Crippen molar-refractivity contribution in [1.29, 1.82) is 0 Å². The van der Waals surface area contributed by atoms with Crippen LogP contribution in [0.25, 0.3) is 77.0 Å². The number of hydrogen-bond acceptors (Lipinski definition) is 3. The van der Waals surface area contributed by atoms with E-state index in [0.717, 1.165) is 39.4 Å². The van der Waals surface area contributed by atoms with Crippen LogP contribution in [0, 0.1) is 0 Å². The molecule has 5 nitrogen and oxygen atoms in total. The van der Waals surface area contributed by atoms with Crippen molar-refractivity contribution in [3.8, 4) is 16.8 Å². The Morgan fingerprint density at radius 1 is 0.537 bits per heavy atom. The summed E-state index contributed by atoms with van der Waals surface area (Å²) in [4.78, 5) is 14.0. The maximum Gasteiger partial charge on any atom is 0.146 e. The largest absolute Gasteiger partial charge is 0.309 e. The summed E-state index contributed by atoms with van der Waals surface area (Å²) in [7, 11) is 0. The Bertz CT molecular complexity index is 2550. The lowest BCUT2D eigenvalue weighted by molar-refractivity contribution is 1.17. The van der Waals surface area contributed by atoms with Crippen molar-refractivity contribution < 1.29 is 0 Å². The molecule has 0 fully saturated rings. The van der Waals surface area contributed by atoms with Crippen molar-refractivity contribution in [3.63, 3.8) is 0 Å². The molecule has 0 bridgehead atoms. The van der Waals surface area contributed by atoms with Gasteiger partial charge in [-0.05, 0) is 88.7 Å². The molecule has 5 heterocycles. The highest BCUT2D eigenvalue weighted by atomic mass is 15.0. The molecule has 4 aromatic carbocycles. The van der Waals surface area contributed by atoms with Crippen LogP contribution in [0.5, 0.6) is 0 Å². The SMILES string of the molecule is c1ccc(-n2c3ccccc3c3cc4c(cc32)Cc2cc3c(cc2-4)c2cnccc2n2c4cnccc4nc32)cc1. The molecule has 0 aliphatic heterocycles. The Labute approximate surface area is 234 Å². The molecule has 5 aromatic heterocycles. The van der Waals surface area contributed by atoms with Gasteiger partial charge in [-0.15, -0.1) is 0 Å². The molecule has 0 saturated carbocycles. The van der Waals surface area contributed by atoms with E-state index in [0.29, 0.717) is 0 Å². The zero-order valence-corrected chi connectivity index (χ0v) is 21.9. The second kappa shape index (κ2) is 7.55. The maximum atomic E-state index is 5.08. The summed E-state index contributed by atoms with van der Waals surface area (Å²) < 4.78 is 4.64. The summed E-state index contributed by atoms with van der Waals surface area (Å²) in [6.45, 7) is 0. The predicted octanol–water partition coefficient (Wildman–Crippen LogP) is 8.25. The van der Waals surface area contributed by atoms with E-state index in [1.54, 1.807) is 0 Å². The lowest BCUT2D eigenvalue weighted by Gasteiger charge is -2.11. The second-order valence-corrected chi connectivity index (χ2v) is 11.0. The van der Waals surface area contributed by atoms with E-state index in [-0.39, 0.29) is 0 Å². The van der Waals surface area contributed by atoms with Crippen LogP contribution in [0.4, 0.5) is 0 Å². The lowest BCUT2D eigenvalue weighted by Crippen LogP contribution is -1.93. The Hall–Kier alpha value is -5.55. The number of para-hydroxylation sites is 2. The first-order valence-corrected chi connectivity index (χ1v) is 13.9. The average molecular weight is 524 g/mol. The van der Waals surface area contributed by atoms with Gasteiger partial charge in [0.15, 0.2) is 0 Å². The maximum absolute atomic E-state index is 5.08. The number of fused-ring (bicyclic) bond motifs is 14. The summed E-state index contributed by atoms with van der Waals surface area (Å²) >= 11 is 0. The number of hydrogen-bond donors (Lipinski definition) is 0. The van der Waals surface area contributed by atoms with Crippen LogP contribution in [0.1, 0.15) is 11.1 Å². The lowest BCUT2D eigenvalue weighted by atomic mass is 9.98. The predicted molar refractivity (Wildman–Crippen MR) is 166 cm³/mol. The topological polar surface area (TPSA) is 48.0 Å². The van der Waals surface area contributed by atoms with Crippen LogP contribution in [-0.4, -0.2) is 23.9 Å². The summed E-state index contributed by atoms with van der Waals surface area (Å²) in [6, 6.07) is 33.0. The van der Waals surface area contributed by atoms with Gasteiger partial charge in [-0.2, -0.15) is 0 Å². The molecule has 9 aromatic rings. The number of rotatable bonds is 1. The molecular weight excluding hydrogens is 502 g/mol. The molecule has 0 spiro atoms. The van der Waals surface area contributed by atoms with Crippen molar-refractivity contribution in [2.75, 3.05) is 0 Å². The van der Waals surface area contributed by atoms with Gasteiger partial charge in [0.05, 0.1) is 33.8 Å². The van der Waals surface area contributed by atoms with Gasteiger partial charge in [0.1, 0.15) is 5.65 Å². The molecule has 1 aliphatic carbocycles. The third-order valence-corrected chi connectivity index (χ3v) is 8.85. The fourth-order valence-corrected chi connectivity index (χ4v) is 7.10. The van der Waals surface area contributed by atoms with Crippen molar-refractivity contribution >= 4 is 60.2 Å². The van der Waals surface area contributed by atoms with Crippen LogP contribution in [0.3, 0.4) is 0 Å². The average Bonchev–Trinajstić information content (AvgIpc) is 3.69. The minimum atomic E-state index is 0.895. The first-order valence-electron chi connectivity index (χ1n) is 13.9. The van der Waals surface area contributed by atoms with Crippen molar-refractivity contribution in [2.24, 2.45) is 0 Å². The molecule has 5 heteroatoms. The van der Waals surface area contributed by atoms with Crippen LogP contribution < -0.4 is 0 Å². The van der Waals surface area contributed by atoms with E-state index in [2.05, 4.69) is 104 Å². The van der Waals surface area contributed by atoms with Gasteiger partial charge in [0, 0.05) is 45.8 Å². The fourth-order valence-electron chi connectivity index (χ4n) is 7.10. The van der Waals surface area contributed by atoms with E-state index >= 15 is 0 Å². The Morgan fingerprint density at radius 2 is 1.32 bits per heavy atom. The second-order valence-electron chi connectivity index (χ2n) is 11.0. The van der Waals surface area contributed by atoms with E-state index in [9.17, 15) is 0 Å². The van der Waals surface area contributed by atoms with Crippen molar-refractivity contribution in [2.45, 2.75) is 6.42 Å². The normalized spacial score (nSPS) is 12.8. The quantitative estimate of drug-likeness (QED) is 0.204. The number of aromatic nitrogens is 5. The molecule has 0 saturated heterocycles. The van der Waals surface area contributed by atoms with Gasteiger partial charge in [0.25, 0.3) is 0 Å². The molecule has 41 heavy (non-hydrogen) atoms. The van der Waals surface area contributed by atoms with Gasteiger partial charge < -0.3 is 4.57 Å². The minimum Gasteiger partial charge on any atom is -0.309 e. The molecule has 1 aliphatic rings. The molecule has 0 amide bonds. The van der Waals surface area contributed by atoms with Gasteiger partial charge in [-0.1, -0.05) is 36.4 Å². The fraction of sp³-hybridized carbons (Fsp3) is 0.0278. The zero-order chi connectivity index (χ0) is 26.7. The first-order chi connectivity index (χ1) is 20.3. The van der Waals surface area contributed by atoms with E-state index in [1.807, 2.05) is 30.9 Å². The molecule has 190 valence electrons. The van der Waals surface area contributed by atoms with Crippen molar-refractivity contribution in [1.82, 2.24) is 23.9 Å². The Morgan fingerprint density at radius 3 is 2.24 bits per heavy atom. The Balaban J connectivity index is 1.30. The van der Waals surface area contributed by atoms with Gasteiger partial charge in [-0.25, -0.2) is 4.98 Å².